The fourth-order valence-electron chi connectivity index (χ4n) is 3.99. The molecule has 1 aliphatic carbocycles. The maximum absolute atomic E-state index is 13.5. The van der Waals surface area contributed by atoms with Crippen molar-refractivity contribution in [2.45, 2.75) is 49.9 Å². The van der Waals surface area contributed by atoms with Gasteiger partial charge in [0.1, 0.15) is 35.1 Å². The summed E-state index contributed by atoms with van der Waals surface area (Å²) in [6.07, 6.45) is 2.20. The largest absolute Gasteiger partial charge is 0.494 e. The minimum Gasteiger partial charge on any atom is -0.494 e. The third-order valence-corrected chi connectivity index (χ3v) is 8.06. The number of hydrogen-bond acceptors (Lipinski definition) is 11. The van der Waals surface area contributed by atoms with Gasteiger partial charge >= 0.3 is 0 Å². The third-order valence-electron chi connectivity index (χ3n) is 6.17. The number of nitrogens with one attached hydrogen (secondary N) is 1. The number of anilines is 1. The summed E-state index contributed by atoms with van der Waals surface area (Å²) in [5.74, 6) is 1.12. The van der Waals surface area contributed by atoms with Crippen molar-refractivity contribution in [1.29, 1.82) is 0 Å². The minimum absolute atomic E-state index is 0.00216. The van der Waals surface area contributed by atoms with E-state index in [1.807, 2.05) is 0 Å². The molecule has 1 aliphatic rings. The zero-order valence-electron chi connectivity index (χ0n) is 21.2. The normalized spacial score (nSPS) is 18.9. The summed E-state index contributed by atoms with van der Waals surface area (Å²) in [6, 6.07) is 5.13. The van der Waals surface area contributed by atoms with Gasteiger partial charge in [0.2, 0.25) is 16.0 Å². The number of aliphatic hydroxyl groups is 1. The fraction of sp³-hybridized carbons (Fsp3) is 0.478. The van der Waals surface area contributed by atoms with Crippen LogP contribution in [-0.2, 0) is 26.1 Å². The van der Waals surface area contributed by atoms with Crippen LogP contribution in [0.15, 0.2) is 30.6 Å². The number of halogens is 1. The van der Waals surface area contributed by atoms with Gasteiger partial charge in [0.05, 0.1) is 31.5 Å². The molecule has 1 aromatic carbocycles. The number of rotatable bonds is 12. The molecule has 0 saturated heterocycles. The summed E-state index contributed by atoms with van der Waals surface area (Å²) < 4.78 is 53.4. The quantitative estimate of drug-likeness (QED) is 0.330. The summed E-state index contributed by atoms with van der Waals surface area (Å²) in [6.45, 7) is 1.47. The third kappa shape index (κ3) is 5.83. The van der Waals surface area contributed by atoms with Crippen LogP contribution in [0.25, 0.3) is 5.69 Å². The van der Waals surface area contributed by atoms with Gasteiger partial charge in [0.25, 0.3) is 0 Å². The Hall–Kier alpha value is -3.04. The first-order chi connectivity index (χ1) is 18.2. The molecule has 0 spiro atoms. The lowest BCUT2D eigenvalue weighted by atomic mass is 9.92. The van der Waals surface area contributed by atoms with E-state index < -0.39 is 27.5 Å². The van der Waals surface area contributed by atoms with Crippen molar-refractivity contribution in [3.63, 3.8) is 0 Å². The van der Waals surface area contributed by atoms with Gasteiger partial charge in [-0.3, -0.25) is 9.29 Å². The topological polar surface area (TPSA) is 160 Å². The van der Waals surface area contributed by atoms with Gasteiger partial charge in [0.15, 0.2) is 11.6 Å². The van der Waals surface area contributed by atoms with Crippen molar-refractivity contribution >= 4 is 27.6 Å². The van der Waals surface area contributed by atoms with Crippen LogP contribution in [0.1, 0.15) is 37.5 Å². The van der Waals surface area contributed by atoms with Gasteiger partial charge < -0.3 is 24.1 Å². The number of aliphatic hydroxyl groups excluding tert-OH is 1. The van der Waals surface area contributed by atoms with E-state index in [0.29, 0.717) is 40.9 Å². The number of methoxy groups -OCH3 is 3. The number of benzene rings is 1. The molecule has 2 aromatic heterocycles. The van der Waals surface area contributed by atoms with Crippen LogP contribution in [0.3, 0.4) is 0 Å². The van der Waals surface area contributed by atoms with Crippen molar-refractivity contribution in [1.82, 2.24) is 24.7 Å². The summed E-state index contributed by atoms with van der Waals surface area (Å²) in [7, 11) is 0.190. The Labute approximate surface area is 225 Å². The van der Waals surface area contributed by atoms with E-state index >= 15 is 0 Å². The highest BCUT2D eigenvalue weighted by Gasteiger charge is 2.35. The lowest BCUT2D eigenvalue weighted by Crippen LogP contribution is -2.35. The first-order valence-electron chi connectivity index (χ1n) is 11.7. The molecule has 13 nitrogen and oxygen atoms in total. The van der Waals surface area contributed by atoms with Gasteiger partial charge in [-0.15, -0.1) is 10.2 Å². The van der Waals surface area contributed by atoms with E-state index in [1.165, 1.54) is 45.2 Å². The van der Waals surface area contributed by atoms with Crippen LogP contribution in [0.4, 0.5) is 5.95 Å². The molecule has 4 rings (SSSR count). The first kappa shape index (κ1) is 28.0. The number of aromatic nitrogens is 5. The van der Waals surface area contributed by atoms with Gasteiger partial charge in [-0.2, -0.15) is 0 Å². The molecular weight excluding hydrogens is 540 g/mol. The zero-order valence-corrected chi connectivity index (χ0v) is 22.8. The predicted molar refractivity (Wildman–Crippen MR) is 137 cm³/mol. The Morgan fingerprint density at radius 2 is 1.76 bits per heavy atom. The molecule has 3 aromatic rings. The summed E-state index contributed by atoms with van der Waals surface area (Å²) >= 11 is 5.87. The van der Waals surface area contributed by atoms with Crippen LogP contribution < -0.4 is 14.2 Å². The second-order valence-electron chi connectivity index (χ2n) is 8.61. The highest BCUT2D eigenvalue weighted by molar-refractivity contribution is 7.93. The smallest absolute Gasteiger partial charge is 0.243 e. The summed E-state index contributed by atoms with van der Waals surface area (Å²) in [5.41, 5.74) is 0.379. The second-order valence-corrected chi connectivity index (χ2v) is 11.1. The van der Waals surface area contributed by atoms with E-state index in [1.54, 1.807) is 18.2 Å². The first-order valence-corrected chi connectivity index (χ1v) is 13.6. The predicted octanol–water partition coefficient (Wildman–Crippen LogP) is 2.29. The maximum Gasteiger partial charge on any atom is 0.243 e. The number of sulfonamides is 1. The summed E-state index contributed by atoms with van der Waals surface area (Å²) in [5, 5.41) is 17.0. The van der Waals surface area contributed by atoms with Gasteiger partial charge in [-0.05, 0) is 31.9 Å². The molecule has 15 heteroatoms. The Balaban J connectivity index is 1.71. The molecule has 206 valence electrons. The van der Waals surface area contributed by atoms with Gasteiger partial charge in [0, 0.05) is 19.5 Å². The van der Waals surface area contributed by atoms with Gasteiger partial charge in [-0.25, -0.2) is 18.4 Å². The molecule has 0 amide bonds. The average Bonchev–Trinajstić information content (AvgIpc) is 3.27. The van der Waals surface area contributed by atoms with E-state index in [4.69, 9.17) is 30.5 Å². The molecule has 0 bridgehead atoms. The molecule has 0 radical (unpaired) electrons. The Morgan fingerprint density at radius 1 is 1.13 bits per heavy atom. The molecule has 38 heavy (non-hydrogen) atoms. The minimum atomic E-state index is -4.14. The second kappa shape index (κ2) is 11.8. The number of nitrogens with zero attached hydrogens (tertiary/aromatic N) is 5. The van der Waals surface area contributed by atoms with Crippen molar-refractivity contribution in [3.05, 3.63) is 47.3 Å². The van der Waals surface area contributed by atoms with E-state index in [9.17, 15) is 13.5 Å². The van der Waals surface area contributed by atoms with Gasteiger partial charge in [-0.1, -0.05) is 17.7 Å². The SMILES string of the molecule is COc1cccc(OC)c1-n1c(COC2CC(O)C2)nnc1NS(=O)(=O)C(C)C(OC)c1ncc(Cl)cn1. The lowest BCUT2D eigenvalue weighted by molar-refractivity contribution is -0.0797. The highest BCUT2D eigenvalue weighted by atomic mass is 35.5. The lowest BCUT2D eigenvalue weighted by Gasteiger charge is -2.31. The molecule has 2 unspecified atom stereocenters. The maximum atomic E-state index is 13.5. The van der Waals surface area contributed by atoms with Crippen molar-refractivity contribution in [2.24, 2.45) is 0 Å². The summed E-state index contributed by atoms with van der Waals surface area (Å²) in [4.78, 5) is 8.21. The van der Waals surface area contributed by atoms with Crippen molar-refractivity contribution < 1.29 is 32.5 Å². The fourth-order valence-corrected chi connectivity index (χ4v) is 5.22. The van der Waals surface area contributed by atoms with E-state index in [0.717, 1.165) is 0 Å². The molecule has 1 saturated carbocycles. The van der Waals surface area contributed by atoms with Crippen LogP contribution >= 0.6 is 11.6 Å². The van der Waals surface area contributed by atoms with E-state index in [2.05, 4.69) is 24.9 Å². The van der Waals surface area contributed by atoms with Crippen LogP contribution in [0.5, 0.6) is 11.5 Å². The Bertz CT molecular complexity index is 1330. The molecule has 2 atom stereocenters. The average molecular weight is 569 g/mol. The molecule has 1 fully saturated rings. The van der Waals surface area contributed by atoms with Crippen LogP contribution in [0.2, 0.25) is 5.02 Å². The Kier molecular flexibility index (Phi) is 8.67. The van der Waals surface area contributed by atoms with Crippen molar-refractivity contribution in [3.8, 4) is 17.2 Å². The molecule has 2 heterocycles. The molecule has 2 N–H and O–H groups in total. The highest BCUT2D eigenvalue weighted by Crippen LogP contribution is 2.36. The van der Waals surface area contributed by atoms with Crippen LogP contribution in [-0.4, -0.2) is 77.0 Å². The standard InChI is InChI=1S/C23H29ClN6O7S/c1-13(21(36-4)22-25-10-14(24)11-26-22)38(32,33)29-23-28-27-19(12-37-16-8-15(31)9-16)30(23)20-17(34-2)6-5-7-18(20)35-3/h5-7,10-11,13,15-16,21,31H,8-9,12H2,1-4H3,(H,28,29). The zero-order chi connectivity index (χ0) is 27.4. The Morgan fingerprint density at radius 3 is 2.32 bits per heavy atom. The van der Waals surface area contributed by atoms with Crippen molar-refractivity contribution in [2.75, 3.05) is 26.1 Å². The van der Waals surface area contributed by atoms with E-state index in [-0.39, 0.29) is 24.5 Å². The monoisotopic (exact) mass is 568 g/mol. The molecule has 0 aliphatic heterocycles. The number of ether oxygens (including phenoxy) is 4. The number of hydrogen-bond donors (Lipinski definition) is 2. The molecular formula is C23H29ClN6O7S. The number of para-hydroxylation sites is 1. The van der Waals surface area contributed by atoms with Crippen LogP contribution in [0, 0.1) is 0 Å².